The zero-order valence-electron chi connectivity index (χ0n) is 15.9. The molecule has 2 aromatic rings. The molecule has 0 saturated carbocycles. The molecule has 0 aliphatic carbocycles. The van der Waals surface area contributed by atoms with Crippen LogP contribution in [-0.4, -0.2) is 31.1 Å². The van der Waals surface area contributed by atoms with Crippen LogP contribution in [0.25, 0.3) is 0 Å². The second kappa shape index (κ2) is 8.73. The molecule has 3 rings (SSSR count). The number of amides is 2. The van der Waals surface area contributed by atoms with Crippen molar-refractivity contribution >= 4 is 11.8 Å². The van der Waals surface area contributed by atoms with E-state index in [-0.39, 0.29) is 30.7 Å². The molecule has 1 aliphatic rings. The van der Waals surface area contributed by atoms with Crippen molar-refractivity contribution in [1.82, 2.24) is 10.6 Å². The van der Waals surface area contributed by atoms with E-state index in [2.05, 4.69) is 10.6 Å². The molecule has 28 heavy (non-hydrogen) atoms. The first-order valence-electron chi connectivity index (χ1n) is 9.22. The molecule has 2 aromatic carbocycles. The molecule has 0 fully saturated rings. The fourth-order valence-electron chi connectivity index (χ4n) is 3.07. The number of carbonyl (C=O) groups is 2. The average Bonchev–Trinajstić information content (AvgIpc) is 3.03. The van der Waals surface area contributed by atoms with Crippen molar-refractivity contribution in [3.63, 3.8) is 0 Å². The van der Waals surface area contributed by atoms with E-state index in [4.69, 9.17) is 9.47 Å². The fourth-order valence-corrected chi connectivity index (χ4v) is 3.07. The largest absolute Gasteiger partial charge is 0.494 e. The van der Waals surface area contributed by atoms with Crippen LogP contribution in [0, 0.1) is 5.82 Å². The summed E-state index contributed by atoms with van der Waals surface area (Å²) < 4.78 is 25.0. The quantitative estimate of drug-likeness (QED) is 0.767. The minimum Gasteiger partial charge on any atom is -0.494 e. The first-order valence-corrected chi connectivity index (χ1v) is 9.22. The smallest absolute Gasteiger partial charge is 0.254 e. The second-order valence-electron chi connectivity index (χ2n) is 6.57. The number of nitrogens with one attached hydrogen (secondary N) is 2. The van der Waals surface area contributed by atoms with Gasteiger partial charge in [0.05, 0.1) is 18.7 Å². The van der Waals surface area contributed by atoms with E-state index in [1.165, 1.54) is 18.2 Å². The van der Waals surface area contributed by atoms with E-state index < -0.39 is 11.7 Å². The Morgan fingerprint density at radius 2 is 2.04 bits per heavy atom. The lowest BCUT2D eigenvalue weighted by molar-refractivity contribution is -0.120. The van der Waals surface area contributed by atoms with Crippen molar-refractivity contribution in [3.05, 3.63) is 58.9 Å². The molecule has 0 aromatic heterocycles. The van der Waals surface area contributed by atoms with Gasteiger partial charge in [0.15, 0.2) is 0 Å². The number of benzene rings is 2. The SMILES string of the molecule is CCOc1cc2c(cc1CNC(=O)CNC(=O)c1ccccc1F)OC(C)C2. The summed E-state index contributed by atoms with van der Waals surface area (Å²) >= 11 is 0. The van der Waals surface area contributed by atoms with E-state index in [1.807, 2.05) is 26.0 Å². The minimum atomic E-state index is -0.636. The van der Waals surface area contributed by atoms with Crippen LogP contribution in [0.1, 0.15) is 35.3 Å². The van der Waals surface area contributed by atoms with Gasteiger partial charge in [0, 0.05) is 24.1 Å². The highest BCUT2D eigenvalue weighted by molar-refractivity contribution is 5.96. The van der Waals surface area contributed by atoms with Gasteiger partial charge in [-0.05, 0) is 38.1 Å². The lowest BCUT2D eigenvalue weighted by Gasteiger charge is -2.13. The monoisotopic (exact) mass is 386 g/mol. The second-order valence-corrected chi connectivity index (χ2v) is 6.57. The van der Waals surface area contributed by atoms with Crippen molar-refractivity contribution in [2.75, 3.05) is 13.2 Å². The van der Waals surface area contributed by atoms with Crippen LogP contribution in [0.5, 0.6) is 11.5 Å². The predicted octanol–water partition coefficient (Wildman–Crippen LogP) is 2.59. The van der Waals surface area contributed by atoms with E-state index in [9.17, 15) is 14.0 Å². The summed E-state index contributed by atoms with van der Waals surface area (Å²) in [4.78, 5) is 24.1. The molecule has 0 bridgehead atoms. The molecule has 1 aliphatic heterocycles. The van der Waals surface area contributed by atoms with E-state index in [0.29, 0.717) is 12.4 Å². The predicted molar refractivity (Wildman–Crippen MR) is 102 cm³/mol. The third-order valence-electron chi connectivity index (χ3n) is 4.38. The maximum Gasteiger partial charge on any atom is 0.254 e. The van der Waals surface area contributed by atoms with Crippen LogP contribution in [0.15, 0.2) is 36.4 Å². The molecule has 0 radical (unpaired) electrons. The number of hydrogen-bond acceptors (Lipinski definition) is 4. The Labute approximate surface area is 163 Å². The molecule has 0 saturated heterocycles. The van der Waals surface area contributed by atoms with E-state index >= 15 is 0 Å². The number of halogens is 1. The normalized spacial score (nSPS) is 14.8. The highest BCUT2D eigenvalue weighted by Gasteiger charge is 2.22. The summed E-state index contributed by atoms with van der Waals surface area (Å²) in [7, 11) is 0. The first-order chi connectivity index (χ1) is 13.5. The maximum atomic E-state index is 13.6. The van der Waals surface area contributed by atoms with Gasteiger partial charge in [0.1, 0.15) is 23.4 Å². The van der Waals surface area contributed by atoms with Gasteiger partial charge >= 0.3 is 0 Å². The van der Waals surface area contributed by atoms with Gasteiger partial charge in [0.2, 0.25) is 5.91 Å². The topological polar surface area (TPSA) is 76.7 Å². The molecule has 1 heterocycles. The zero-order valence-corrected chi connectivity index (χ0v) is 15.9. The van der Waals surface area contributed by atoms with Crippen LogP contribution in [-0.2, 0) is 17.8 Å². The summed E-state index contributed by atoms with van der Waals surface area (Å²) in [6, 6.07) is 9.44. The molecule has 2 amide bonds. The fraction of sp³-hybridized carbons (Fsp3) is 0.333. The molecular weight excluding hydrogens is 363 g/mol. The molecule has 1 unspecified atom stereocenters. The van der Waals surface area contributed by atoms with Crippen LogP contribution < -0.4 is 20.1 Å². The Morgan fingerprint density at radius 3 is 2.79 bits per heavy atom. The number of ether oxygens (including phenoxy) is 2. The Kier molecular flexibility index (Phi) is 6.13. The van der Waals surface area contributed by atoms with Crippen LogP contribution in [0.4, 0.5) is 4.39 Å². The Balaban J connectivity index is 1.58. The summed E-state index contributed by atoms with van der Waals surface area (Å²) in [6.07, 6.45) is 0.937. The Bertz CT molecular complexity index is 885. The Hall–Kier alpha value is -3.09. The zero-order chi connectivity index (χ0) is 20.1. The number of rotatable bonds is 7. The van der Waals surface area contributed by atoms with Gasteiger partial charge in [-0.15, -0.1) is 0 Å². The van der Waals surface area contributed by atoms with Crippen LogP contribution in [0.3, 0.4) is 0 Å². The number of carbonyl (C=O) groups excluding carboxylic acids is 2. The highest BCUT2D eigenvalue weighted by Crippen LogP contribution is 2.35. The van der Waals surface area contributed by atoms with Crippen molar-refractivity contribution in [1.29, 1.82) is 0 Å². The van der Waals surface area contributed by atoms with Crippen molar-refractivity contribution in [2.45, 2.75) is 32.9 Å². The molecule has 1 atom stereocenters. The van der Waals surface area contributed by atoms with Crippen molar-refractivity contribution in [3.8, 4) is 11.5 Å². The van der Waals surface area contributed by atoms with Gasteiger partial charge < -0.3 is 20.1 Å². The molecule has 0 spiro atoms. The first kappa shape index (κ1) is 19.7. The molecule has 2 N–H and O–H groups in total. The molecule has 7 heteroatoms. The molecule has 6 nitrogen and oxygen atoms in total. The van der Waals surface area contributed by atoms with Crippen LogP contribution >= 0.6 is 0 Å². The summed E-state index contributed by atoms with van der Waals surface area (Å²) in [5.41, 5.74) is 1.78. The summed E-state index contributed by atoms with van der Waals surface area (Å²) in [5, 5.41) is 5.15. The number of hydrogen-bond donors (Lipinski definition) is 2. The highest BCUT2D eigenvalue weighted by atomic mass is 19.1. The van der Waals surface area contributed by atoms with Gasteiger partial charge in [-0.1, -0.05) is 12.1 Å². The molecular formula is C21H23FN2O4. The van der Waals surface area contributed by atoms with Crippen LogP contribution in [0.2, 0.25) is 0 Å². The van der Waals surface area contributed by atoms with Crippen molar-refractivity contribution in [2.24, 2.45) is 0 Å². The van der Waals surface area contributed by atoms with E-state index in [1.54, 1.807) is 6.07 Å². The number of fused-ring (bicyclic) bond motifs is 1. The summed E-state index contributed by atoms with van der Waals surface area (Å²) in [6.45, 7) is 4.38. The standard InChI is InChI=1S/C21H23FN2O4/c1-3-27-18-9-14-8-13(2)28-19(14)10-15(18)11-23-20(25)12-24-21(26)16-6-4-5-7-17(16)22/h4-7,9-10,13H,3,8,11-12H2,1-2H3,(H,23,25)(H,24,26). The summed E-state index contributed by atoms with van der Waals surface area (Å²) in [5.74, 6) is -0.151. The lowest BCUT2D eigenvalue weighted by Crippen LogP contribution is -2.37. The maximum absolute atomic E-state index is 13.6. The van der Waals surface area contributed by atoms with Gasteiger partial charge in [-0.25, -0.2) is 4.39 Å². The van der Waals surface area contributed by atoms with E-state index in [0.717, 1.165) is 23.3 Å². The lowest BCUT2D eigenvalue weighted by atomic mass is 10.1. The third-order valence-corrected chi connectivity index (χ3v) is 4.38. The van der Waals surface area contributed by atoms with Gasteiger partial charge in [-0.3, -0.25) is 9.59 Å². The average molecular weight is 386 g/mol. The van der Waals surface area contributed by atoms with Gasteiger partial charge in [-0.2, -0.15) is 0 Å². The minimum absolute atomic E-state index is 0.0983. The Morgan fingerprint density at radius 1 is 1.25 bits per heavy atom. The molecule has 148 valence electrons. The van der Waals surface area contributed by atoms with Crippen molar-refractivity contribution < 1.29 is 23.5 Å². The van der Waals surface area contributed by atoms with Gasteiger partial charge in [0.25, 0.3) is 5.91 Å². The third kappa shape index (κ3) is 4.60.